The molecule has 1 amide bonds. The lowest BCUT2D eigenvalue weighted by atomic mass is 9.99. The van der Waals surface area contributed by atoms with Gasteiger partial charge in [0.15, 0.2) is 0 Å². The average Bonchev–Trinajstić information content (AvgIpc) is 2.47. The maximum absolute atomic E-state index is 12.4. The SMILES string of the molecule is CNCCC1CCCCN1CC(=O)N1CCN(C)CC1. The van der Waals surface area contributed by atoms with E-state index in [2.05, 4.69) is 22.2 Å². The van der Waals surface area contributed by atoms with Gasteiger partial charge < -0.3 is 15.1 Å². The van der Waals surface area contributed by atoms with Crippen LogP contribution in [0.1, 0.15) is 25.7 Å². The zero-order chi connectivity index (χ0) is 14.4. The van der Waals surface area contributed by atoms with Gasteiger partial charge in [0.1, 0.15) is 0 Å². The molecule has 0 aromatic carbocycles. The second-order valence-corrected chi connectivity index (χ2v) is 6.20. The number of piperidine rings is 1. The molecule has 0 aliphatic carbocycles. The average molecular weight is 282 g/mol. The highest BCUT2D eigenvalue weighted by molar-refractivity contribution is 5.78. The molecule has 1 unspecified atom stereocenters. The Morgan fingerprint density at radius 3 is 2.60 bits per heavy atom. The third-order valence-electron chi connectivity index (χ3n) is 4.67. The number of hydrogen-bond acceptors (Lipinski definition) is 4. The van der Waals surface area contributed by atoms with Gasteiger partial charge in [0.25, 0.3) is 0 Å². The van der Waals surface area contributed by atoms with Crippen LogP contribution in [-0.4, -0.2) is 86.6 Å². The van der Waals surface area contributed by atoms with E-state index in [1.54, 1.807) is 0 Å². The van der Waals surface area contributed by atoms with Crippen molar-refractivity contribution in [2.24, 2.45) is 0 Å². The minimum Gasteiger partial charge on any atom is -0.339 e. The number of carbonyl (C=O) groups excluding carboxylic acids is 1. The van der Waals surface area contributed by atoms with Crippen LogP contribution in [0.4, 0.5) is 0 Å². The van der Waals surface area contributed by atoms with Gasteiger partial charge in [-0.3, -0.25) is 9.69 Å². The molecule has 0 spiro atoms. The molecule has 2 heterocycles. The van der Waals surface area contributed by atoms with E-state index in [4.69, 9.17) is 0 Å². The van der Waals surface area contributed by atoms with E-state index in [1.807, 2.05) is 11.9 Å². The van der Waals surface area contributed by atoms with Crippen LogP contribution in [0.25, 0.3) is 0 Å². The summed E-state index contributed by atoms with van der Waals surface area (Å²) in [7, 11) is 4.13. The van der Waals surface area contributed by atoms with E-state index < -0.39 is 0 Å². The van der Waals surface area contributed by atoms with E-state index in [0.717, 1.165) is 45.7 Å². The number of likely N-dealkylation sites (N-methyl/N-ethyl adjacent to an activating group) is 1. The summed E-state index contributed by atoms with van der Waals surface area (Å²) < 4.78 is 0. The van der Waals surface area contributed by atoms with Crippen molar-refractivity contribution in [3.05, 3.63) is 0 Å². The minimum atomic E-state index is 0.328. The van der Waals surface area contributed by atoms with Gasteiger partial charge >= 0.3 is 0 Å². The molecule has 0 aromatic heterocycles. The van der Waals surface area contributed by atoms with Crippen LogP contribution in [0.5, 0.6) is 0 Å². The van der Waals surface area contributed by atoms with Crippen molar-refractivity contribution in [3.63, 3.8) is 0 Å². The van der Waals surface area contributed by atoms with Crippen LogP contribution in [0, 0.1) is 0 Å². The first-order chi connectivity index (χ1) is 9.70. The van der Waals surface area contributed by atoms with E-state index in [-0.39, 0.29) is 0 Å². The van der Waals surface area contributed by atoms with Gasteiger partial charge in [-0.1, -0.05) is 6.42 Å². The van der Waals surface area contributed by atoms with Crippen molar-refractivity contribution in [3.8, 4) is 0 Å². The summed E-state index contributed by atoms with van der Waals surface area (Å²) in [6.07, 6.45) is 4.96. The van der Waals surface area contributed by atoms with Crippen LogP contribution < -0.4 is 5.32 Å². The molecular weight excluding hydrogens is 252 g/mol. The standard InChI is InChI=1S/C15H30N4O/c1-16-7-6-14-5-3-4-8-19(14)13-15(20)18-11-9-17(2)10-12-18/h14,16H,3-13H2,1-2H3. The van der Waals surface area contributed by atoms with E-state index in [1.165, 1.54) is 19.3 Å². The highest BCUT2D eigenvalue weighted by atomic mass is 16.2. The normalized spacial score (nSPS) is 25.9. The summed E-state index contributed by atoms with van der Waals surface area (Å²) in [6.45, 7) is 6.56. The first-order valence-electron chi connectivity index (χ1n) is 8.05. The van der Waals surface area contributed by atoms with E-state index in [0.29, 0.717) is 18.5 Å². The smallest absolute Gasteiger partial charge is 0.236 e. The number of amides is 1. The molecular formula is C15H30N4O. The monoisotopic (exact) mass is 282 g/mol. The maximum Gasteiger partial charge on any atom is 0.236 e. The van der Waals surface area contributed by atoms with Crippen molar-refractivity contribution in [1.82, 2.24) is 20.0 Å². The Morgan fingerprint density at radius 1 is 1.15 bits per heavy atom. The highest BCUT2D eigenvalue weighted by Gasteiger charge is 2.26. The zero-order valence-corrected chi connectivity index (χ0v) is 13.1. The number of likely N-dealkylation sites (tertiary alicyclic amines) is 1. The molecule has 20 heavy (non-hydrogen) atoms. The molecule has 2 fully saturated rings. The Bertz CT molecular complexity index is 302. The molecule has 0 saturated carbocycles. The topological polar surface area (TPSA) is 38.8 Å². The van der Waals surface area contributed by atoms with Gasteiger partial charge in [0.2, 0.25) is 5.91 Å². The first kappa shape index (κ1) is 15.7. The summed E-state index contributed by atoms with van der Waals surface area (Å²) in [5.74, 6) is 0.328. The van der Waals surface area contributed by atoms with Gasteiger partial charge in [-0.2, -0.15) is 0 Å². The van der Waals surface area contributed by atoms with E-state index >= 15 is 0 Å². The molecule has 1 N–H and O–H groups in total. The van der Waals surface area contributed by atoms with Crippen LogP contribution in [0.3, 0.4) is 0 Å². The largest absolute Gasteiger partial charge is 0.339 e. The van der Waals surface area contributed by atoms with Gasteiger partial charge in [-0.15, -0.1) is 0 Å². The third kappa shape index (κ3) is 4.43. The first-order valence-corrected chi connectivity index (χ1v) is 8.05. The zero-order valence-electron chi connectivity index (χ0n) is 13.1. The van der Waals surface area contributed by atoms with Crippen LogP contribution in [0.15, 0.2) is 0 Å². The Hall–Kier alpha value is -0.650. The summed E-state index contributed by atoms with van der Waals surface area (Å²) in [4.78, 5) is 19.2. The number of rotatable bonds is 5. The van der Waals surface area contributed by atoms with Crippen molar-refractivity contribution in [2.75, 3.05) is 59.9 Å². The molecule has 5 nitrogen and oxygen atoms in total. The lowest BCUT2D eigenvalue weighted by molar-refractivity contribution is -0.135. The predicted molar refractivity (Wildman–Crippen MR) is 81.8 cm³/mol. The van der Waals surface area contributed by atoms with Crippen molar-refractivity contribution in [1.29, 1.82) is 0 Å². The van der Waals surface area contributed by atoms with Crippen LogP contribution >= 0.6 is 0 Å². The Balaban J connectivity index is 1.81. The Labute approximate surface area is 123 Å². The molecule has 0 radical (unpaired) electrons. The second-order valence-electron chi connectivity index (χ2n) is 6.20. The predicted octanol–water partition coefficient (Wildman–Crippen LogP) is 0.224. The molecule has 2 rings (SSSR count). The number of nitrogens with zero attached hydrogens (tertiary/aromatic N) is 3. The molecule has 0 bridgehead atoms. The fraction of sp³-hybridized carbons (Fsp3) is 0.933. The lowest BCUT2D eigenvalue weighted by Crippen LogP contribution is -2.52. The van der Waals surface area contributed by atoms with Gasteiger partial charge in [-0.05, 0) is 46.4 Å². The highest BCUT2D eigenvalue weighted by Crippen LogP contribution is 2.19. The second kappa shape index (κ2) is 7.96. The number of carbonyl (C=O) groups is 1. The van der Waals surface area contributed by atoms with Crippen molar-refractivity contribution in [2.45, 2.75) is 31.7 Å². The molecule has 116 valence electrons. The Kier molecular flexibility index (Phi) is 6.26. The van der Waals surface area contributed by atoms with Gasteiger partial charge in [0.05, 0.1) is 6.54 Å². The van der Waals surface area contributed by atoms with Crippen molar-refractivity contribution < 1.29 is 4.79 Å². The van der Waals surface area contributed by atoms with Crippen LogP contribution in [-0.2, 0) is 4.79 Å². The van der Waals surface area contributed by atoms with E-state index in [9.17, 15) is 4.79 Å². The molecule has 2 saturated heterocycles. The maximum atomic E-state index is 12.4. The molecule has 2 aliphatic rings. The third-order valence-corrected chi connectivity index (χ3v) is 4.67. The summed E-state index contributed by atoms with van der Waals surface area (Å²) in [5.41, 5.74) is 0. The summed E-state index contributed by atoms with van der Waals surface area (Å²) in [5, 5.41) is 3.23. The lowest BCUT2D eigenvalue weighted by Gasteiger charge is -2.38. The number of hydrogen-bond donors (Lipinski definition) is 1. The summed E-state index contributed by atoms with van der Waals surface area (Å²) in [6, 6.07) is 0.590. The number of piperazine rings is 1. The number of nitrogens with one attached hydrogen (secondary N) is 1. The minimum absolute atomic E-state index is 0.328. The fourth-order valence-corrected chi connectivity index (χ4v) is 3.24. The van der Waals surface area contributed by atoms with Crippen molar-refractivity contribution >= 4 is 5.91 Å². The van der Waals surface area contributed by atoms with Crippen LogP contribution in [0.2, 0.25) is 0 Å². The quantitative estimate of drug-likeness (QED) is 0.783. The fourth-order valence-electron chi connectivity index (χ4n) is 3.24. The molecule has 5 heteroatoms. The van der Waals surface area contributed by atoms with Gasteiger partial charge in [0, 0.05) is 32.2 Å². The Morgan fingerprint density at radius 2 is 1.90 bits per heavy atom. The van der Waals surface area contributed by atoms with Gasteiger partial charge in [-0.25, -0.2) is 0 Å². The molecule has 0 aromatic rings. The molecule has 1 atom stereocenters. The summed E-state index contributed by atoms with van der Waals surface area (Å²) >= 11 is 0. The molecule has 2 aliphatic heterocycles.